The molecule has 0 bridgehead atoms. The van der Waals surface area contributed by atoms with Gasteiger partial charge in [0.1, 0.15) is 6.33 Å². The fourth-order valence-corrected chi connectivity index (χ4v) is 0.747. The summed E-state index contributed by atoms with van der Waals surface area (Å²) in [5.41, 5.74) is -0.638. The van der Waals surface area contributed by atoms with Crippen molar-refractivity contribution in [1.29, 1.82) is 0 Å². The Balaban J connectivity index is 2.68. The summed E-state index contributed by atoms with van der Waals surface area (Å²) >= 11 is 0. The van der Waals surface area contributed by atoms with E-state index in [0.717, 1.165) is 0 Å². The van der Waals surface area contributed by atoms with E-state index in [1.807, 2.05) is 0 Å². The van der Waals surface area contributed by atoms with Crippen LogP contribution < -0.4 is 5.32 Å². The van der Waals surface area contributed by atoms with Gasteiger partial charge >= 0.3 is 6.03 Å². The van der Waals surface area contributed by atoms with E-state index in [2.05, 4.69) is 16.2 Å². The molecule has 0 saturated carbocycles. The molecule has 0 aromatic carbocycles. The molecule has 0 unspecified atom stereocenters. The van der Waals surface area contributed by atoms with Gasteiger partial charge in [-0.05, 0) is 13.8 Å². The van der Waals surface area contributed by atoms with Crippen LogP contribution in [-0.4, -0.2) is 21.1 Å². The lowest BCUT2D eigenvalue weighted by Gasteiger charge is -2.19. The van der Waals surface area contributed by atoms with Crippen molar-refractivity contribution in [3.8, 4) is 12.3 Å². The topological polar surface area (TPSA) is 46.9 Å². The molecule has 0 aliphatic heterocycles. The minimum absolute atomic E-state index is 0.277. The second-order valence-corrected chi connectivity index (χ2v) is 3.17. The molecule has 1 heterocycles. The van der Waals surface area contributed by atoms with Crippen LogP contribution in [0.3, 0.4) is 0 Å². The fraction of sp³-hybridized carbons (Fsp3) is 0.333. The molecule has 0 aliphatic rings. The van der Waals surface area contributed by atoms with Crippen LogP contribution in [0.2, 0.25) is 0 Å². The Labute approximate surface area is 77.0 Å². The van der Waals surface area contributed by atoms with Crippen molar-refractivity contribution in [2.24, 2.45) is 0 Å². The lowest BCUT2D eigenvalue weighted by atomic mass is 10.1. The average Bonchev–Trinajstić information content (AvgIpc) is 2.55. The molecule has 0 aliphatic carbocycles. The van der Waals surface area contributed by atoms with Crippen LogP contribution in [0.25, 0.3) is 0 Å². The molecule has 1 amide bonds. The van der Waals surface area contributed by atoms with Crippen molar-refractivity contribution in [3.63, 3.8) is 0 Å². The van der Waals surface area contributed by atoms with Gasteiger partial charge in [-0.25, -0.2) is 9.78 Å². The predicted molar refractivity (Wildman–Crippen MR) is 49.1 cm³/mol. The molecular weight excluding hydrogens is 166 g/mol. The van der Waals surface area contributed by atoms with Crippen molar-refractivity contribution in [2.45, 2.75) is 19.4 Å². The first-order valence-corrected chi connectivity index (χ1v) is 3.83. The number of aromatic nitrogens is 2. The molecule has 4 nitrogen and oxygen atoms in total. The summed E-state index contributed by atoms with van der Waals surface area (Å²) in [5, 5.41) is 2.66. The molecule has 0 fully saturated rings. The summed E-state index contributed by atoms with van der Waals surface area (Å²) in [5.74, 6) is 2.47. The number of nitrogens with one attached hydrogen (secondary N) is 1. The fourth-order valence-electron chi connectivity index (χ4n) is 0.747. The van der Waals surface area contributed by atoms with Crippen LogP contribution in [0.5, 0.6) is 0 Å². The van der Waals surface area contributed by atoms with Crippen molar-refractivity contribution in [1.82, 2.24) is 14.9 Å². The largest absolute Gasteiger partial charge is 0.327 e. The Morgan fingerprint density at radius 3 is 2.85 bits per heavy atom. The SMILES string of the molecule is C#CC(C)(C)NC(=O)n1ccnc1. The van der Waals surface area contributed by atoms with Gasteiger partial charge in [-0.2, -0.15) is 0 Å². The molecule has 1 rings (SSSR count). The molecule has 1 aromatic heterocycles. The third-order valence-electron chi connectivity index (χ3n) is 1.52. The third kappa shape index (κ3) is 2.34. The number of imidazole rings is 1. The maximum Gasteiger partial charge on any atom is 0.327 e. The van der Waals surface area contributed by atoms with Crippen LogP contribution in [-0.2, 0) is 0 Å². The van der Waals surface area contributed by atoms with Crippen LogP contribution in [0.15, 0.2) is 18.7 Å². The van der Waals surface area contributed by atoms with Crippen molar-refractivity contribution < 1.29 is 4.79 Å². The molecular formula is C9H11N3O. The van der Waals surface area contributed by atoms with E-state index in [1.165, 1.54) is 17.1 Å². The summed E-state index contributed by atoms with van der Waals surface area (Å²) in [6.45, 7) is 3.50. The second kappa shape index (κ2) is 3.31. The highest BCUT2D eigenvalue weighted by molar-refractivity contribution is 5.77. The molecule has 0 radical (unpaired) electrons. The summed E-state index contributed by atoms with van der Waals surface area (Å²) in [7, 11) is 0. The Morgan fingerprint density at radius 1 is 1.69 bits per heavy atom. The maximum absolute atomic E-state index is 11.4. The molecule has 68 valence electrons. The van der Waals surface area contributed by atoms with E-state index in [9.17, 15) is 4.79 Å². The zero-order valence-corrected chi connectivity index (χ0v) is 7.61. The van der Waals surface area contributed by atoms with Crippen molar-refractivity contribution in [2.75, 3.05) is 0 Å². The zero-order chi connectivity index (χ0) is 9.90. The first-order valence-electron chi connectivity index (χ1n) is 3.83. The summed E-state index contributed by atoms with van der Waals surface area (Å²) in [6, 6.07) is -0.277. The minimum Gasteiger partial charge on any atom is -0.322 e. The van der Waals surface area contributed by atoms with E-state index in [1.54, 1.807) is 20.0 Å². The van der Waals surface area contributed by atoms with E-state index < -0.39 is 5.54 Å². The normalized spacial score (nSPS) is 10.5. The van der Waals surface area contributed by atoms with Gasteiger partial charge in [0.15, 0.2) is 0 Å². The van der Waals surface area contributed by atoms with Crippen LogP contribution in [0.4, 0.5) is 4.79 Å². The Bertz CT molecular complexity index is 332. The summed E-state index contributed by atoms with van der Waals surface area (Å²) in [4.78, 5) is 15.1. The minimum atomic E-state index is -0.638. The number of rotatable bonds is 1. The average molecular weight is 177 g/mol. The van der Waals surface area contributed by atoms with Gasteiger partial charge in [0.05, 0.1) is 5.54 Å². The third-order valence-corrected chi connectivity index (χ3v) is 1.52. The maximum atomic E-state index is 11.4. The quantitative estimate of drug-likeness (QED) is 0.646. The van der Waals surface area contributed by atoms with E-state index in [-0.39, 0.29) is 6.03 Å². The molecule has 0 spiro atoms. The van der Waals surface area contributed by atoms with E-state index >= 15 is 0 Å². The highest BCUT2D eigenvalue weighted by Gasteiger charge is 2.17. The number of nitrogens with zero attached hydrogens (tertiary/aromatic N) is 2. The van der Waals surface area contributed by atoms with Crippen LogP contribution in [0, 0.1) is 12.3 Å². The van der Waals surface area contributed by atoms with Crippen molar-refractivity contribution >= 4 is 6.03 Å². The highest BCUT2D eigenvalue weighted by atomic mass is 16.2. The molecule has 4 heteroatoms. The van der Waals surface area contributed by atoms with E-state index in [0.29, 0.717) is 0 Å². The zero-order valence-electron chi connectivity index (χ0n) is 7.61. The van der Waals surface area contributed by atoms with Gasteiger partial charge in [-0.15, -0.1) is 6.42 Å². The Morgan fingerprint density at radius 2 is 2.38 bits per heavy atom. The first kappa shape index (κ1) is 9.33. The van der Waals surface area contributed by atoms with Gasteiger partial charge in [0.2, 0.25) is 0 Å². The van der Waals surface area contributed by atoms with Crippen LogP contribution in [0.1, 0.15) is 13.8 Å². The summed E-state index contributed by atoms with van der Waals surface area (Å²) in [6.07, 6.45) is 9.72. The van der Waals surface area contributed by atoms with Gasteiger partial charge in [0, 0.05) is 12.4 Å². The Kier molecular flexibility index (Phi) is 2.38. The lowest BCUT2D eigenvalue weighted by molar-refractivity contribution is 0.236. The van der Waals surface area contributed by atoms with Crippen molar-refractivity contribution in [3.05, 3.63) is 18.7 Å². The number of amides is 1. The number of carbonyl (C=O) groups excluding carboxylic acids is 1. The number of hydrogen-bond acceptors (Lipinski definition) is 2. The Hall–Kier alpha value is -1.76. The second-order valence-electron chi connectivity index (χ2n) is 3.17. The standard InChI is InChI=1S/C9H11N3O/c1-4-9(2,3)11-8(13)12-6-5-10-7-12/h1,5-7H,2-3H3,(H,11,13). The smallest absolute Gasteiger partial charge is 0.322 e. The number of hydrogen-bond donors (Lipinski definition) is 1. The van der Waals surface area contributed by atoms with Gasteiger partial charge in [0.25, 0.3) is 0 Å². The molecule has 0 saturated heterocycles. The molecule has 13 heavy (non-hydrogen) atoms. The summed E-state index contributed by atoms with van der Waals surface area (Å²) < 4.78 is 1.33. The van der Waals surface area contributed by atoms with Gasteiger partial charge in [-0.3, -0.25) is 4.57 Å². The molecule has 0 atom stereocenters. The van der Waals surface area contributed by atoms with Gasteiger partial charge < -0.3 is 5.32 Å². The van der Waals surface area contributed by atoms with E-state index in [4.69, 9.17) is 6.42 Å². The number of carbonyl (C=O) groups is 1. The monoisotopic (exact) mass is 177 g/mol. The number of terminal acetylenes is 1. The predicted octanol–water partition coefficient (Wildman–Crippen LogP) is 0.853. The van der Waals surface area contributed by atoms with Gasteiger partial charge in [-0.1, -0.05) is 5.92 Å². The first-order chi connectivity index (χ1) is 6.05. The van der Waals surface area contributed by atoms with Crippen LogP contribution >= 0.6 is 0 Å². The lowest BCUT2D eigenvalue weighted by Crippen LogP contribution is -2.43. The molecule has 1 aromatic rings. The highest BCUT2D eigenvalue weighted by Crippen LogP contribution is 1.99. The molecule has 1 N–H and O–H groups in total.